The third kappa shape index (κ3) is 4.37. The van der Waals surface area contributed by atoms with E-state index in [1.54, 1.807) is 6.20 Å². The van der Waals surface area contributed by atoms with Crippen molar-refractivity contribution in [2.24, 2.45) is 0 Å². The number of hydrogen-bond acceptors (Lipinski definition) is 7. The molecule has 0 spiro atoms. The highest BCUT2D eigenvalue weighted by Gasteiger charge is 2.36. The Morgan fingerprint density at radius 3 is 2.57 bits per heavy atom. The fraction of sp³-hybridized carbons (Fsp3) is 0.696. The molecule has 7 heteroatoms. The van der Waals surface area contributed by atoms with Crippen molar-refractivity contribution in [3.8, 4) is 17.3 Å². The van der Waals surface area contributed by atoms with Crippen molar-refractivity contribution in [2.45, 2.75) is 76.0 Å². The molecule has 1 saturated carbocycles. The summed E-state index contributed by atoms with van der Waals surface area (Å²) in [5.74, 6) is 2.07. The first-order valence-electron chi connectivity index (χ1n) is 11.7. The molecule has 2 aliphatic heterocycles. The van der Waals surface area contributed by atoms with Crippen LogP contribution in [-0.2, 0) is 0 Å². The molecular formula is C23H33N5O2. The van der Waals surface area contributed by atoms with E-state index in [1.165, 1.54) is 51.6 Å². The normalized spacial score (nSPS) is 25.0. The zero-order valence-electron chi connectivity index (χ0n) is 18.0. The van der Waals surface area contributed by atoms with Crippen molar-refractivity contribution in [1.82, 2.24) is 24.9 Å². The molecule has 1 aliphatic carbocycles. The zero-order valence-corrected chi connectivity index (χ0v) is 18.0. The molecule has 30 heavy (non-hydrogen) atoms. The largest absolute Gasteiger partial charge is 0.474 e. The number of pyridine rings is 1. The summed E-state index contributed by atoms with van der Waals surface area (Å²) in [6.45, 7) is 3.47. The van der Waals surface area contributed by atoms with Crippen LogP contribution in [-0.4, -0.2) is 63.8 Å². The molecule has 2 aromatic rings. The van der Waals surface area contributed by atoms with E-state index in [9.17, 15) is 0 Å². The van der Waals surface area contributed by atoms with E-state index in [0.717, 1.165) is 37.3 Å². The number of ether oxygens (including phenoxy) is 1. The van der Waals surface area contributed by atoms with Gasteiger partial charge in [-0.25, -0.2) is 4.98 Å². The molecule has 2 aromatic heterocycles. The molecule has 5 rings (SSSR count). The summed E-state index contributed by atoms with van der Waals surface area (Å²) in [5, 5.41) is 4.27. The predicted molar refractivity (Wildman–Crippen MR) is 114 cm³/mol. The van der Waals surface area contributed by atoms with Crippen LogP contribution in [0.15, 0.2) is 22.9 Å². The molecule has 3 fully saturated rings. The standard InChI is InChI=1S/C23H33N5O2/c1-27-14-11-18(12-15-27)28-13-5-8-20(28)23-25-22(26-30-23)17-9-10-21(24-16-17)29-19-6-3-2-4-7-19/h9-10,16,18-20H,2-8,11-15H2,1H3/t20-/m0/s1. The van der Waals surface area contributed by atoms with Gasteiger partial charge in [0.1, 0.15) is 6.10 Å². The van der Waals surface area contributed by atoms with E-state index in [2.05, 4.69) is 27.0 Å². The topological polar surface area (TPSA) is 67.5 Å². The average molecular weight is 412 g/mol. The molecule has 0 unspecified atom stereocenters. The van der Waals surface area contributed by atoms with Gasteiger partial charge in [-0.2, -0.15) is 4.98 Å². The van der Waals surface area contributed by atoms with E-state index in [0.29, 0.717) is 23.9 Å². The van der Waals surface area contributed by atoms with Gasteiger partial charge in [-0.1, -0.05) is 11.6 Å². The van der Waals surface area contributed by atoms with Crippen molar-refractivity contribution in [3.63, 3.8) is 0 Å². The highest BCUT2D eigenvalue weighted by atomic mass is 16.5. The van der Waals surface area contributed by atoms with Gasteiger partial charge in [0.15, 0.2) is 0 Å². The molecule has 1 atom stereocenters. The lowest BCUT2D eigenvalue weighted by molar-refractivity contribution is 0.0958. The summed E-state index contributed by atoms with van der Waals surface area (Å²) < 4.78 is 11.8. The molecule has 0 bridgehead atoms. The lowest BCUT2D eigenvalue weighted by atomic mass is 9.98. The molecule has 0 N–H and O–H groups in total. The maximum Gasteiger partial charge on any atom is 0.244 e. The van der Waals surface area contributed by atoms with Gasteiger partial charge in [-0.15, -0.1) is 0 Å². The van der Waals surface area contributed by atoms with Crippen LogP contribution in [0.3, 0.4) is 0 Å². The molecule has 2 saturated heterocycles. The summed E-state index contributed by atoms with van der Waals surface area (Å²) >= 11 is 0. The quantitative estimate of drug-likeness (QED) is 0.734. The summed E-state index contributed by atoms with van der Waals surface area (Å²) in [7, 11) is 2.21. The molecule has 3 aliphatic rings. The minimum absolute atomic E-state index is 0.251. The van der Waals surface area contributed by atoms with E-state index in [1.807, 2.05) is 12.1 Å². The smallest absolute Gasteiger partial charge is 0.244 e. The molecule has 0 amide bonds. The van der Waals surface area contributed by atoms with Crippen molar-refractivity contribution in [2.75, 3.05) is 26.7 Å². The second kappa shape index (κ2) is 9.02. The monoisotopic (exact) mass is 411 g/mol. The predicted octanol–water partition coefficient (Wildman–Crippen LogP) is 4.07. The first-order chi connectivity index (χ1) is 14.8. The zero-order chi connectivity index (χ0) is 20.3. The molecule has 0 aromatic carbocycles. The average Bonchev–Trinajstić information content (AvgIpc) is 3.45. The first kappa shape index (κ1) is 19.9. The Morgan fingerprint density at radius 2 is 1.80 bits per heavy atom. The Morgan fingerprint density at radius 1 is 0.967 bits per heavy atom. The Kier molecular flexibility index (Phi) is 6.00. The van der Waals surface area contributed by atoms with Crippen molar-refractivity contribution >= 4 is 0 Å². The number of aromatic nitrogens is 3. The van der Waals surface area contributed by atoms with Gasteiger partial charge in [0.05, 0.1) is 6.04 Å². The molecular weight excluding hydrogens is 378 g/mol. The highest BCUT2D eigenvalue weighted by molar-refractivity contribution is 5.53. The van der Waals surface area contributed by atoms with Crippen LogP contribution in [0.2, 0.25) is 0 Å². The summed E-state index contributed by atoms with van der Waals surface area (Å²) in [5.41, 5.74) is 0.879. The fourth-order valence-corrected chi connectivity index (χ4v) is 5.24. The summed E-state index contributed by atoms with van der Waals surface area (Å²) in [6.07, 6.45) is 12.9. The Hall–Kier alpha value is -1.99. The summed E-state index contributed by atoms with van der Waals surface area (Å²) in [4.78, 5) is 14.3. The van der Waals surface area contributed by atoms with Crippen LogP contribution >= 0.6 is 0 Å². The third-order valence-corrected chi connectivity index (χ3v) is 7.01. The summed E-state index contributed by atoms with van der Waals surface area (Å²) in [6, 6.07) is 4.80. The van der Waals surface area contributed by atoms with Crippen LogP contribution in [0.25, 0.3) is 11.4 Å². The molecule has 0 radical (unpaired) electrons. The second-order valence-electron chi connectivity index (χ2n) is 9.15. The molecule has 7 nitrogen and oxygen atoms in total. The number of nitrogens with zero attached hydrogens (tertiary/aromatic N) is 5. The second-order valence-corrected chi connectivity index (χ2v) is 9.15. The van der Waals surface area contributed by atoms with Gasteiger partial charge in [0.2, 0.25) is 17.6 Å². The van der Waals surface area contributed by atoms with Gasteiger partial charge in [-0.05, 0) is 84.1 Å². The Labute approximate surface area is 178 Å². The van der Waals surface area contributed by atoms with Crippen molar-refractivity contribution in [3.05, 3.63) is 24.2 Å². The van der Waals surface area contributed by atoms with Crippen LogP contribution in [0.4, 0.5) is 0 Å². The first-order valence-corrected chi connectivity index (χ1v) is 11.7. The van der Waals surface area contributed by atoms with Gasteiger partial charge >= 0.3 is 0 Å². The van der Waals surface area contributed by atoms with E-state index < -0.39 is 0 Å². The third-order valence-electron chi connectivity index (χ3n) is 7.01. The minimum atomic E-state index is 0.251. The lowest BCUT2D eigenvalue weighted by Gasteiger charge is -2.37. The Balaban J connectivity index is 1.24. The maximum absolute atomic E-state index is 6.04. The number of piperidine rings is 1. The minimum Gasteiger partial charge on any atom is -0.474 e. The Bertz CT molecular complexity index is 809. The van der Waals surface area contributed by atoms with Crippen LogP contribution in [0, 0.1) is 0 Å². The number of hydrogen-bond donors (Lipinski definition) is 0. The molecule has 4 heterocycles. The van der Waals surface area contributed by atoms with E-state index in [-0.39, 0.29) is 6.04 Å². The van der Waals surface area contributed by atoms with Crippen LogP contribution < -0.4 is 4.74 Å². The van der Waals surface area contributed by atoms with Crippen molar-refractivity contribution < 1.29 is 9.26 Å². The highest BCUT2D eigenvalue weighted by Crippen LogP contribution is 2.36. The lowest BCUT2D eigenvalue weighted by Crippen LogP contribution is -2.43. The molecule has 162 valence electrons. The van der Waals surface area contributed by atoms with Gasteiger partial charge < -0.3 is 14.2 Å². The van der Waals surface area contributed by atoms with Crippen LogP contribution in [0.5, 0.6) is 5.88 Å². The van der Waals surface area contributed by atoms with E-state index >= 15 is 0 Å². The van der Waals surface area contributed by atoms with Crippen LogP contribution in [0.1, 0.15) is 69.7 Å². The van der Waals surface area contributed by atoms with Crippen molar-refractivity contribution in [1.29, 1.82) is 0 Å². The fourth-order valence-electron chi connectivity index (χ4n) is 5.24. The van der Waals surface area contributed by atoms with Gasteiger partial charge in [0.25, 0.3) is 0 Å². The van der Waals surface area contributed by atoms with Gasteiger partial charge in [0, 0.05) is 23.9 Å². The van der Waals surface area contributed by atoms with E-state index in [4.69, 9.17) is 14.2 Å². The number of rotatable bonds is 5. The van der Waals surface area contributed by atoms with Gasteiger partial charge in [-0.3, -0.25) is 4.90 Å². The SMILES string of the molecule is CN1CCC(N2CCC[C@H]2c2nc(-c3ccc(OC4CCCCC4)nc3)no2)CC1. The number of likely N-dealkylation sites (tertiary alicyclic amines) is 2. The maximum atomic E-state index is 6.04.